The van der Waals surface area contributed by atoms with Crippen molar-refractivity contribution in [2.75, 3.05) is 5.32 Å². The SMILES string of the molecule is CC(NC(=O)c1cncc(Nc2ccccc2C#N)c1)c1ccccc1. The Balaban J connectivity index is 1.74. The molecule has 0 aliphatic heterocycles. The number of carbonyl (C=O) groups excluding carboxylic acids is 1. The molecule has 1 aromatic heterocycles. The molecule has 2 N–H and O–H groups in total. The van der Waals surface area contributed by atoms with Crippen LogP contribution in [0.2, 0.25) is 0 Å². The Kier molecular flexibility index (Phi) is 5.25. The second kappa shape index (κ2) is 7.95. The average molecular weight is 342 g/mol. The van der Waals surface area contributed by atoms with Crippen LogP contribution >= 0.6 is 0 Å². The summed E-state index contributed by atoms with van der Waals surface area (Å²) in [6.07, 6.45) is 3.14. The lowest BCUT2D eigenvalue weighted by molar-refractivity contribution is 0.0939. The Morgan fingerprint density at radius 2 is 1.81 bits per heavy atom. The first kappa shape index (κ1) is 17.2. The van der Waals surface area contributed by atoms with Crippen LogP contribution in [0.4, 0.5) is 11.4 Å². The highest BCUT2D eigenvalue weighted by Crippen LogP contribution is 2.20. The largest absolute Gasteiger partial charge is 0.353 e. The van der Waals surface area contributed by atoms with Crippen molar-refractivity contribution in [3.05, 3.63) is 89.7 Å². The maximum atomic E-state index is 12.5. The number of hydrogen-bond acceptors (Lipinski definition) is 4. The summed E-state index contributed by atoms with van der Waals surface area (Å²) in [5, 5.41) is 15.3. The second-order valence-electron chi connectivity index (χ2n) is 5.85. The van der Waals surface area contributed by atoms with Crippen LogP contribution in [0.1, 0.15) is 34.5 Å². The summed E-state index contributed by atoms with van der Waals surface area (Å²) in [6, 6.07) is 20.7. The summed E-state index contributed by atoms with van der Waals surface area (Å²) in [4.78, 5) is 16.7. The number of amides is 1. The van der Waals surface area contributed by atoms with Gasteiger partial charge in [-0.15, -0.1) is 0 Å². The summed E-state index contributed by atoms with van der Waals surface area (Å²) in [5.41, 5.74) is 3.33. The highest BCUT2D eigenvalue weighted by atomic mass is 16.1. The van der Waals surface area contributed by atoms with Gasteiger partial charge in [0.15, 0.2) is 0 Å². The Morgan fingerprint density at radius 1 is 1.08 bits per heavy atom. The van der Waals surface area contributed by atoms with Crippen LogP contribution in [0, 0.1) is 11.3 Å². The third kappa shape index (κ3) is 4.05. The first-order valence-corrected chi connectivity index (χ1v) is 8.24. The number of nitrogens with one attached hydrogen (secondary N) is 2. The quantitative estimate of drug-likeness (QED) is 0.729. The van der Waals surface area contributed by atoms with Crippen molar-refractivity contribution in [2.24, 2.45) is 0 Å². The van der Waals surface area contributed by atoms with Crippen LogP contribution in [-0.2, 0) is 0 Å². The minimum absolute atomic E-state index is 0.111. The smallest absolute Gasteiger partial charge is 0.253 e. The molecule has 0 spiro atoms. The molecule has 1 heterocycles. The van der Waals surface area contributed by atoms with E-state index in [1.165, 1.54) is 6.20 Å². The summed E-state index contributed by atoms with van der Waals surface area (Å²) in [5.74, 6) is -0.203. The predicted octanol–water partition coefficient (Wildman–Crippen LogP) is 4.19. The van der Waals surface area contributed by atoms with Crippen LogP contribution < -0.4 is 10.6 Å². The molecule has 0 radical (unpaired) electrons. The van der Waals surface area contributed by atoms with Gasteiger partial charge in [-0.2, -0.15) is 5.26 Å². The first-order valence-electron chi connectivity index (χ1n) is 8.24. The monoisotopic (exact) mass is 342 g/mol. The fourth-order valence-corrected chi connectivity index (χ4v) is 2.58. The van der Waals surface area contributed by atoms with Gasteiger partial charge in [0.2, 0.25) is 0 Å². The van der Waals surface area contributed by atoms with Crippen LogP contribution in [0.5, 0.6) is 0 Å². The standard InChI is InChI=1S/C21H18N4O/c1-15(16-7-3-2-4-8-16)24-21(26)18-11-19(14-23-13-18)25-20-10-6-5-9-17(20)12-22/h2-11,13-15,25H,1H3,(H,24,26). The molecule has 1 atom stereocenters. The van der Waals surface area contributed by atoms with Gasteiger partial charge in [0.25, 0.3) is 5.91 Å². The Bertz CT molecular complexity index is 947. The molecule has 128 valence electrons. The van der Waals surface area contributed by atoms with Crippen LogP contribution in [0.15, 0.2) is 73.1 Å². The van der Waals surface area contributed by atoms with Gasteiger partial charge in [0, 0.05) is 6.20 Å². The van der Waals surface area contributed by atoms with Crippen LogP contribution in [0.3, 0.4) is 0 Å². The van der Waals surface area contributed by atoms with Gasteiger partial charge in [-0.1, -0.05) is 42.5 Å². The third-order valence-electron chi connectivity index (χ3n) is 3.97. The summed E-state index contributed by atoms with van der Waals surface area (Å²) in [7, 11) is 0. The molecule has 3 rings (SSSR count). The summed E-state index contributed by atoms with van der Waals surface area (Å²) < 4.78 is 0. The molecule has 3 aromatic rings. The molecule has 5 nitrogen and oxygen atoms in total. The Hall–Kier alpha value is -3.65. The van der Waals surface area contributed by atoms with E-state index < -0.39 is 0 Å². The topological polar surface area (TPSA) is 77.8 Å². The van der Waals surface area contributed by atoms with Crippen molar-refractivity contribution in [1.82, 2.24) is 10.3 Å². The molecule has 0 saturated carbocycles. The zero-order valence-electron chi connectivity index (χ0n) is 14.3. The fraction of sp³-hybridized carbons (Fsp3) is 0.0952. The maximum absolute atomic E-state index is 12.5. The van der Waals surface area contributed by atoms with E-state index in [9.17, 15) is 10.1 Å². The van der Waals surface area contributed by atoms with Crippen LogP contribution in [0.25, 0.3) is 0 Å². The maximum Gasteiger partial charge on any atom is 0.253 e. The molecule has 0 fully saturated rings. The lowest BCUT2D eigenvalue weighted by Crippen LogP contribution is -2.26. The van der Waals surface area contributed by atoms with E-state index >= 15 is 0 Å². The predicted molar refractivity (Wildman–Crippen MR) is 101 cm³/mol. The highest BCUT2D eigenvalue weighted by molar-refractivity contribution is 5.95. The Labute approximate surface area is 152 Å². The van der Waals surface area contributed by atoms with Crippen LogP contribution in [-0.4, -0.2) is 10.9 Å². The van der Waals surface area contributed by atoms with E-state index in [-0.39, 0.29) is 11.9 Å². The number of nitrogens with zero attached hydrogens (tertiary/aromatic N) is 2. The normalized spacial score (nSPS) is 11.2. The van der Waals surface area contributed by atoms with Crippen molar-refractivity contribution in [2.45, 2.75) is 13.0 Å². The molecular weight excluding hydrogens is 324 g/mol. The lowest BCUT2D eigenvalue weighted by atomic mass is 10.1. The van der Waals surface area contributed by atoms with Crippen molar-refractivity contribution in [3.8, 4) is 6.07 Å². The molecule has 26 heavy (non-hydrogen) atoms. The van der Waals surface area contributed by atoms with Gasteiger partial charge in [0.1, 0.15) is 6.07 Å². The average Bonchev–Trinajstić information content (AvgIpc) is 2.69. The summed E-state index contributed by atoms with van der Waals surface area (Å²) >= 11 is 0. The number of pyridine rings is 1. The number of nitriles is 1. The van der Waals surface area contributed by atoms with E-state index in [0.29, 0.717) is 22.5 Å². The number of aromatic nitrogens is 1. The third-order valence-corrected chi connectivity index (χ3v) is 3.97. The molecule has 0 saturated heterocycles. The number of carbonyl (C=O) groups is 1. The molecular formula is C21H18N4O. The molecule has 0 aliphatic carbocycles. The van der Waals surface area contributed by atoms with Gasteiger partial charge in [-0.25, -0.2) is 0 Å². The van der Waals surface area contributed by atoms with Crippen molar-refractivity contribution < 1.29 is 4.79 Å². The minimum atomic E-state index is -0.203. The van der Waals surface area contributed by atoms with Gasteiger partial charge in [-0.05, 0) is 30.7 Å². The van der Waals surface area contributed by atoms with Crippen molar-refractivity contribution in [1.29, 1.82) is 5.26 Å². The number of anilines is 2. The molecule has 2 aromatic carbocycles. The number of rotatable bonds is 5. The van der Waals surface area contributed by atoms with Gasteiger partial charge < -0.3 is 10.6 Å². The zero-order chi connectivity index (χ0) is 18.4. The summed E-state index contributed by atoms with van der Waals surface area (Å²) in [6.45, 7) is 1.94. The van der Waals surface area contributed by atoms with E-state index in [2.05, 4.69) is 21.7 Å². The first-order chi connectivity index (χ1) is 12.7. The second-order valence-corrected chi connectivity index (χ2v) is 5.85. The molecule has 1 unspecified atom stereocenters. The van der Waals surface area contributed by atoms with E-state index in [4.69, 9.17) is 0 Å². The molecule has 5 heteroatoms. The highest BCUT2D eigenvalue weighted by Gasteiger charge is 2.12. The van der Waals surface area contributed by atoms with E-state index in [1.54, 1.807) is 24.4 Å². The van der Waals surface area contributed by atoms with Gasteiger partial charge in [-0.3, -0.25) is 9.78 Å². The van der Waals surface area contributed by atoms with Crippen molar-refractivity contribution >= 4 is 17.3 Å². The Morgan fingerprint density at radius 3 is 2.58 bits per heavy atom. The van der Waals surface area contributed by atoms with Crippen molar-refractivity contribution in [3.63, 3.8) is 0 Å². The zero-order valence-corrected chi connectivity index (χ0v) is 14.3. The van der Waals surface area contributed by atoms with E-state index in [1.807, 2.05) is 49.4 Å². The lowest BCUT2D eigenvalue weighted by Gasteiger charge is -2.15. The minimum Gasteiger partial charge on any atom is -0.353 e. The molecule has 0 aliphatic rings. The molecule has 0 bridgehead atoms. The van der Waals surface area contributed by atoms with Gasteiger partial charge >= 0.3 is 0 Å². The number of para-hydroxylation sites is 1. The number of hydrogen-bond donors (Lipinski definition) is 2. The number of benzene rings is 2. The fourth-order valence-electron chi connectivity index (χ4n) is 2.58. The van der Waals surface area contributed by atoms with E-state index in [0.717, 1.165) is 5.56 Å². The van der Waals surface area contributed by atoms with Gasteiger partial charge in [0.05, 0.1) is 34.7 Å². The molecule has 1 amide bonds.